The lowest BCUT2D eigenvalue weighted by atomic mass is 10.1. The number of thiophene rings is 1. The summed E-state index contributed by atoms with van der Waals surface area (Å²) in [5, 5.41) is 14.8. The van der Waals surface area contributed by atoms with Gasteiger partial charge in [0.25, 0.3) is 0 Å². The van der Waals surface area contributed by atoms with Gasteiger partial charge in [-0.15, -0.1) is 11.3 Å². The smallest absolute Gasteiger partial charge is 0.150 e. The van der Waals surface area contributed by atoms with Gasteiger partial charge in [-0.3, -0.25) is 5.32 Å². The minimum atomic E-state index is -0.825. The van der Waals surface area contributed by atoms with E-state index in [2.05, 4.69) is 5.32 Å². The highest BCUT2D eigenvalue weighted by atomic mass is 32.1. The predicted molar refractivity (Wildman–Crippen MR) is 47.6 cm³/mol. The Balaban J connectivity index is 2.87. The molecule has 0 aliphatic carbocycles. The highest BCUT2D eigenvalue weighted by Gasteiger charge is 2.25. The third-order valence-electron chi connectivity index (χ3n) is 1.85. The Bertz CT molecular complexity index is 204. The first-order chi connectivity index (χ1) is 5.23. The van der Waals surface area contributed by atoms with E-state index in [4.69, 9.17) is 0 Å². The van der Waals surface area contributed by atoms with Gasteiger partial charge in [-0.05, 0) is 24.9 Å². The predicted octanol–water partition coefficient (Wildman–Crippen LogP) is 1.52. The summed E-state index contributed by atoms with van der Waals surface area (Å²) in [7, 11) is 1.77. The van der Waals surface area contributed by atoms with Crippen LogP contribution in [0.1, 0.15) is 18.2 Å². The molecule has 0 spiro atoms. The molecular weight excluding hydrogens is 158 g/mol. The molecule has 0 radical (unpaired) electrons. The normalized spacial score (nSPS) is 16.3. The van der Waals surface area contributed by atoms with Crippen LogP contribution in [0, 0.1) is 0 Å². The number of hydrogen-bond donors (Lipinski definition) is 2. The van der Waals surface area contributed by atoms with Crippen LogP contribution >= 0.6 is 11.3 Å². The summed E-state index contributed by atoms with van der Waals surface area (Å²) in [6, 6.07) is 3.88. The second-order valence-corrected chi connectivity index (χ2v) is 3.39. The van der Waals surface area contributed by atoms with Gasteiger partial charge in [0.1, 0.15) is 0 Å². The summed E-state index contributed by atoms with van der Waals surface area (Å²) >= 11 is 1.57. The van der Waals surface area contributed by atoms with E-state index in [1.807, 2.05) is 24.4 Å². The van der Waals surface area contributed by atoms with Crippen LogP contribution in [0.3, 0.4) is 0 Å². The Hall–Kier alpha value is -0.380. The molecule has 1 aromatic heterocycles. The van der Waals surface area contributed by atoms with Gasteiger partial charge in [-0.25, -0.2) is 0 Å². The molecule has 1 aromatic rings. The van der Waals surface area contributed by atoms with Crippen molar-refractivity contribution in [1.29, 1.82) is 0 Å². The Kier molecular flexibility index (Phi) is 2.65. The molecule has 0 aromatic carbocycles. The van der Waals surface area contributed by atoms with Crippen LogP contribution in [0.15, 0.2) is 17.5 Å². The molecule has 62 valence electrons. The Morgan fingerprint density at radius 2 is 2.45 bits per heavy atom. The van der Waals surface area contributed by atoms with Crippen molar-refractivity contribution in [1.82, 2.24) is 5.32 Å². The molecule has 0 amide bonds. The first-order valence-corrected chi connectivity index (χ1v) is 4.56. The number of nitrogens with one attached hydrogen (secondary N) is 1. The first-order valence-electron chi connectivity index (χ1n) is 3.68. The van der Waals surface area contributed by atoms with Crippen molar-refractivity contribution < 1.29 is 5.11 Å². The maximum atomic E-state index is 9.89. The van der Waals surface area contributed by atoms with E-state index in [0.717, 1.165) is 4.88 Å². The van der Waals surface area contributed by atoms with Crippen LogP contribution in [-0.2, 0) is 5.72 Å². The molecule has 0 saturated carbocycles. The average Bonchev–Trinajstić information content (AvgIpc) is 2.55. The van der Waals surface area contributed by atoms with Gasteiger partial charge >= 0.3 is 0 Å². The van der Waals surface area contributed by atoms with Crippen molar-refractivity contribution in [2.24, 2.45) is 0 Å². The molecule has 3 heteroatoms. The van der Waals surface area contributed by atoms with Gasteiger partial charge in [0.15, 0.2) is 5.72 Å². The van der Waals surface area contributed by atoms with Crippen LogP contribution in [0.4, 0.5) is 0 Å². The topological polar surface area (TPSA) is 32.3 Å². The maximum absolute atomic E-state index is 9.89. The van der Waals surface area contributed by atoms with Crippen molar-refractivity contribution in [3.63, 3.8) is 0 Å². The minimum Gasteiger partial charge on any atom is -0.371 e. The van der Waals surface area contributed by atoms with Crippen LogP contribution in [-0.4, -0.2) is 12.2 Å². The van der Waals surface area contributed by atoms with Crippen LogP contribution < -0.4 is 5.32 Å². The van der Waals surface area contributed by atoms with E-state index >= 15 is 0 Å². The molecule has 1 rings (SSSR count). The maximum Gasteiger partial charge on any atom is 0.150 e. The molecule has 0 aliphatic heterocycles. The second-order valence-electron chi connectivity index (χ2n) is 2.44. The molecule has 0 fully saturated rings. The van der Waals surface area contributed by atoms with Crippen molar-refractivity contribution in [2.75, 3.05) is 7.05 Å². The largest absolute Gasteiger partial charge is 0.371 e. The zero-order valence-corrected chi connectivity index (χ0v) is 7.61. The average molecular weight is 171 g/mol. The summed E-state index contributed by atoms with van der Waals surface area (Å²) in [4.78, 5) is 0.975. The van der Waals surface area contributed by atoms with Crippen molar-refractivity contribution in [3.8, 4) is 0 Å². The second kappa shape index (κ2) is 3.34. The van der Waals surface area contributed by atoms with Gasteiger partial charge in [-0.2, -0.15) is 0 Å². The van der Waals surface area contributed by atoms with E-state index in [9.17, 15) is 5.11 Å². The lowest BCUT2D eigenvalue weighted by molar-refractivity contribution is 0.00778. The van der Waals surface area contributed by atoms with Gasteiger partial charge in [-0.1, -0.05) is 13.0 Å². The molecule has 0 saturated heterocycles. The highest BCUT2D eigenvalue weighted by molar-refractivity contribution is 7.10. The molecule has 1 atom stereocenters. The summed E-state index contributed by atoms with van der Waals surface area (Å²) in [6.07, 6.45) is 0.685. The van der Waals surface area contributed by atoms with E-state index in [-0.39, 0.29) is 0 Å². The molecule has 0 aliphatic rings. The quantitative estimate of drug-likeness (QED) is 0.676. The summed E-state index contributed by atoms with van der Waals surface area (Å²) in [6.45, 7) is 1.95. The first kappa shape index (κ1) is 8.71. The van der Waals surface area contributed by atoms with Crippen LogP contribution in [0.25, 0.3) is 0 Å². The van der Waals surface area contributed by atoms with Crippen LogP contribution in [0.2, 0.25) is 0 Å². The summed E-state index contributed by atoms with van der Waals surface area (Å²) in [5.41, 5.74) is -0.825. The molecular formula is C8H13NOS. The standard InChI is InChI=1S/C8H13NOS/c1-3-8(10,9-2)7-5-4-6-11-7/h4-6,9-10H,3H2,1-2H3/t8-/m0/s1. The highest BCUT2D eigenvalue weighted by Crippen LogP contribution is 2.25. The van der Waals surface area contributed by atoms with E-state index < -0.39 is 5.72 Å². The third-order valence-corrected chi connectivity index (χ3v) is 2.87. The molecule has 0 unspecified atom stereocenters. The monoisotopic (exact) mass is 171 g/mol. The van der Waals surface area contributed by atoms with E-state index in [0.29, 0.717) is 6.42 Å². The lowest BCUT2D eigenvalue weighted by Crippen LogP contribution is -2.38. The van der Waals surface area contributed by atoms with Gasteiger partial charge in [0.05, 0.1) is 4.88 Å². The fourth-order valence-electron chi connectivity index (χ4n) is 0.988. The van der Waals surface area contributed by atoms with E-state index in [1.165, 1.54) is 0 Å². The van der Waals surface area contributed by atoms with Gasteiger partial charge in [0, 0.05) is 0 Å². The van der Waals surface area contributed by atoms with Crippen LogP contribution in [0.5, 0.6) is 0 Å². The fourth-order valence-corrected chi connectivity index (χ4v) is 1.89. The minimum absolute atomic E-state index is 0.685. The molecule has 1 heterocycles. The molecule has 2 nitrogen and oxygen atoms in total. The number of aliphatic hydroxyl groups is 1. The fraction of sp³-hybridized carbons (Fsp3) is 0.500. The Morgan fingerprint density at radius 1 is 1.73 bits per heavy atom. The Morgan fingerprint density at radius 3 is 2.82 bits per heavy atom. The number of hydrogen-bond acceptors (Lipinski definition) is 3. The lowest BCUT2D eigenvalue weighted by Gasteiger charge is -2.24. The SMILES string of the molecule is CC[C@@](O)(NC)c1cccs1. The van der Waals surface area contributed by atoms with Gasteiger partial charge < -0.3 is 5.11 Å². The van der Waals surface area contributed by atoms with E-state index in [1.54, 1.807) is 18.4 Å². The van der Waals surface area contributed by atoms with Crippen molar-refractivity contribution in [3.05, 3.63) is 22.4 Å². The van der Waals surface area contributed by atoms with Gasteiger partial charge in [0.2, 0.25) is 0 Å². The zero-order valence-electron chi connectivity index (χ0n) is 6.79. The zero-order chi connectivity index (χ0) is 8.32. The third kappa shape index (κ3) is 1.61. The van der Waals surface area contributed by atoms with Crippen molar-refractivity contribution >= 4 is 11.3 Å². The van der Waals surface area contributed by atoms with Crippen molar-refractivity contribution in [2.45, 2.75) is 19.1 Å². The summed E-state index contributed by atoms with van der Waals surface area (Å²) in [5.74, 6) is 0. The molecule has 2 N–H and O–H groups in total. The Labute approximate surface area is 70.9 Å². The molecule has 0 bridgehead atoms. The number of rotatable bonds is 3. The summed E-state index contributed by atoms with van der Waals surface area (Å²) < 4.78 is 0. The molecule has 11 heavy (non-hydrogen) atoms.